The van der Waals surface area contributed by atoms with Crippen LogP contribution in [-0.4, -0.2) is 51.2 Å². The van der Waals surface area contributed by atoms with Crippen LogP contribution in [0.3, 0.4) is 0 Å². The van der Waals surface area contributed by atoms with Crippen molar-refractivity contribution in [2.75, 3.05) is 28.4 Å². The van der Waals surface area contributed by atoms with Crippen LogP contribution >= 0.6 is 0 Å². The second kappa shape index (κ2) is 8.55. The molecule has 8 nitrogen and oxygen atoms in total. The molecule has 0 radical (unpaired) electrons. The summed E-state index contributed by atoms with van der Waals surface area (Å²) in [6.45, 7) is 11.0. The Morgan fingerprint density at radius 3 is 1.92 bits per heavy atom. The highest BCUT2D eigenvalue weighted by molar-refractivity contribution is 6.02. The standard InChI is InChI=1S/C30H36O8/c1-13(31)19-26-22-21(28(36-10)27(19)35-9)20-15-11-17(33-7)18(34-8)12-16(15)37-30(5,6)25(20)23(22)24(14(2)32)29(3,4)38-26/h11-12,20,23-25H,1-10H3/t20-,23+,24-,25-/m0/s1. The molecule has 1 aliphatic carbocycles. The number of methoxy groups -OCH3 is 4. The first kappa shape index (κ1) is 26.2. The summed E-state index contributed by atoms with van der Waals surface area (Å²) in [5, 5.41) is 0. The number of carbonyl (C=O) groups is 2. The van der Waals surface area contributed by atoms with Gasteiger partial charge in [0.1, 0.15) is 34.0 Å². The molecule has 2 heterocycles. The molecule has 0 saturated heterocycles. The van der Waals surface area contributed by atoms with Crippen LogP contribution in [0.1, 0.15) is 80.4 Å². The molecule has 4 atom stereocenters. The molecule has 0 aromatic heterocycles. The number of ether oxygens (including phenoxy) is 6. The van der Waals surface area contributed by atoms with Gasteiger partial charge in [0, 0.05) is 40.5 Å². The van der Waals surface area contributed by atoms with Crippen molar-refractivity contribution in [2.45, 2.75) is 64.6 Å². The number of hydrogen-bond donors (Lipinski definition) is 0. The molecule has 0 spiro atoms. The summed E-state index contributed by atoms with van der Waals surface area (Å²) < 4.78 is 36.4. The highest BCUT2D eigenvalue weighted by Crippen LogP contribution is 2.70. The molecule has 5 rings (SSSR count). The molecule has 0 N–H and O–H groups in total. The molecule has 2 aliphatic heterocycles. The SMILES string of the molecule is COc1cc2c(cc1OC)[C@H]1c3c(OC)c(OC)c(C(C)=O)c4c3[C@@H]([C@H]1C(C)(C)O2)[C@H](C(C)=O)C(C)(C)O4. The van der Waals surface area contributed by atoms with Crippen LogP contribution in [0.5, 0.6) is 34.5 Å². The quantitative estimate of drug-likeness (QED) is 0.470. The molecule has 2 aromatic rings. The van der Waals surface area contributed by atoms with Crippen molar-refractivity contribution in [2.24, 2.45) is 11.8 Å². The minimum Gasteiger partial charge on any atom is -0.493 e. The Labute approximate surface area is 223 Å². The maximum Gasteiger partial charge on any atom is 0.175 e. The third kappa shape index (κ3) is 3.34. The Kier molecular flexibility index (Phi) is 5.89. The van der Waals surface area contributed by atoms with Crippen LogP contribution in [0.25, 0.3) is 0 Å². The van der Waals surface area contributed by atoms with E-state index in [0.29, 0.717) is 40.1 Å². The third-order valence-corrected chi connectivity index (χ3v) is 8.53. The van der Waals surface area contributed by atoms with Gasteiger partial charge in [-0.15, -0.1) is 0 Å². The lowest BCUT2D eigenvalue weighted by Crippen LogP contribution is -2.53. The Morgan fingerprint density at radius 2 is 1.39 bits per heavy atom. The Bertz CT molecular complexity index is 1350. The number of fused-ring (bicyclic) bond motifs is 5. The van der Waals surface area contributed by atoms with Crippen molar-refractivity contribution in [1.82, 2.24) is 0 Å². The van der Waals surface area contributed by atoms with Gasteiger partial charge < -0.3 is 28.4 Å². The fourth-order valence-corrected chi connectivity index (χ4v) is 7.36. The van der Waals surface area contributed by atoms with Crippen LogP contribution in [-0.2, 0) is 4.79 Å². The van der Waals surface area contributed by atoms with Crippen molar-refractivity contribution in [1.29, 1.82) is 0 Å². The molecule has 0 saturated carbocycles. The third-order valence-electron chi connectivity index (χ3n) is 8.53. The van der Waals surface area contributed by atoms with Crippen molar-refractivity contribution < 1.29 is 38.0 Å². The van der Waals surface area contributed by atoms with Gasteiger partial charge in [0.2, 0.25) is 0 Å². The Morgan fingerprint density at radius 1 is 0.789 bits per heavy atom. The fourth-order valence-electron chi connectivity index (χ4n) is 7.36. The van der Waals surface area contributed by atoms with Crippen molar-refractivity contribution in [3.8, 4) is 34.5 Å². The smallest absolute Gasteiger partial charge is 0.175 e. The van der Waals surface area contributed by atoms with E-state index in [1.54, 1.807) is 28.3 Å². The molecule has 38 heavy (non-hydrogen) atoms. The van der Waals surface area contributed by atoms with Crippen molar-refractivity contribution >= 4 is 11.6 Å². The van der Waals surface area contributed by atoms with Gasteiger partial charge in [-0.25, -0.2) is 0 Å². The van der Waals surface area contributed by atoms with Gasteiger partial charge in [-0.05, 0) is 47.6 Å². The Balaban J connectivity index is 1.96. The minimum absolute atomic E-state index is 0.0188. The van der Waals surface area contributed by atoms with Crippen LogP contribution in [0, 0.1) is 11.8 Å². The van der Waals surface area contributed by atoms with Gasteiger partial charge in [-0.1, -0.05) is 0 Å². The first-order chi connectivity index (χ1) is 17.8. The van der Waals surface area contributed by atoms with Crippen molar-refractivity contribution in [3.05, 3.63) is 34.4 Å². The molecule has 0 fully saturated rings. The number of carbonyl (C=O) groups excluding carboxylic acids is 2. The molecule has 204 valence electrons. The number of ketones is 2. The zero-order valence-electron chi connectivity index (χ0n) is 23.7. The molecule has 0 unspecified atom stereocenters. The van der Waals surface area contributed by atoms with Gasteiger partial charge in [-0.2, -0.15) is 0 Å². The van der Waals surface area contributed by atoms with Crippen LogP contribution < -0.4 is 28.4 Å². The van der Waals surface area contributed by atoms with Crippen LogP contribution in [0.4, 0.5) is 0 Å². The lowest BCUT2D eigenvalue weighted by atomic mass is 9.63. The number of Topliss-reactive ketones (excluding diaryl/α,β-unsaturated/α-hetero) is 2. The number of hydrogen-bond acceptors (Lipinski definition) is 8. The van der Waals surface area contributed by atoms with E-state index in [-0.39, 0.29) is 29.3 Å². The summed E-state index contributed by atoms with van der Waals surface area (Å²) in [5.74, 6) is 1.67. The van der Waals surface area contributed by atoms with Gasteiger partial charge in [-0.3, -0.25) is 9.59 Å². The highest BCUT2D eigenvalue weighted by atomic mass is 16.5. The number of rotatable bonds is 6. The molecule has 2 aromatic carbocycles. The van der Waals surface area contributed by atoms with E-state index in [1.165, 1.54) is 14.0 Å². The second-order valence-corrected chi connectivity index (χ2v) is 11.4. The first-order valence-corrected chi connectivity index (χ1v) is 12.8. The monoisotopic (exact) mass is 524 g/mol. The predicted molar refractivity (Wildman–Crippen MR) is 141 cm³/mol. The number of benzene rings is 2. The molecule has 0 bridgehead atoms. The summed E-state index contributed by atoms with van der Waals surface area (Å²) >= 11 is 0. The lowest BCUT2D eigenvalue weighted by molar-refractivity contribution is -0.132. The van der Waals surface area contributed by atoms with Crippen LogP contribution in [0.15, 0.2) is 12.1 Å². The minimum atomic E-state index is -0.882. The topological polar surface area (TPSA) is 89.5 Å². The van der Waals surface area contributed by atoms with E-state index < -0.39 is 17.1 Å². The summed E-state index contributed by atoms with van der Waals surface area (Å²) in [6.07, 6.45) is 0. The summed E-state index contributed by atoms with van der Waals surface area (Å²) in [4.78, 5) is 26.4. The normalized spacial score (nSPS) is 25.1. The molecular weight excluding hydrogens is 488 g/mol. The summed E-state index contributed by atoms with van der Waals surface area (Å²) in [7, 11) is 6.28. The highest BCUT2D eigenvalue weighted by Gasteiger charge is 2.64. The molecule has 8 heteroatoms. The summed E-state index contributed by atoms with van der Waals surface area (Å²) in [6, 6.07) is 3.78. The second-order valence-electron chi connectivity index (χ2n) is 11.4. The first-order valence-electron chi connectivity index (χ1n) is 12.8. The maximum absolute atomic E-state index is 13.3. The zero-order valence-corrected chi connectivity index (χ0v) is 23.7. The van der Waals surface area contributed by atoms with Gasteiger partial charge >= 0.3 is 0 Å². The zero-order chi connectivity index (χ0) is 27.9. The van der Waals surface area contributed by atoms with E-state index in [0.717, 1.165) is 16.7 Å². The largest absolute Gasteiger partial charge is 0.493 e. The maximum atomic E-state index is 13.3. The van der Waals surface area contributed by atoms with E-state index in [1.807, 2.05) is 39.8 Å². The molecular formula is C30H36O8. The Hall–Kier alpha value is -3.42. The van der Waals surface area contributed by atoms with Crippen molar-refractivity contribution in [3.63, 3.8) is 0 Å². The predicted octanol–water partition coefficient (Wildman–Crippen LogP) is 5.32. The average Bonchev–Trinajstić information content (AvgIpc) is 3.18. The van der Waals surface area contributed by atoms with Gasteiger partial charge in [0.25, 0.3) is 0 Å². The molecule has 0 amide bonds. The van der Waals surface area contributed by atoms with E-state index in [9.17, 15) is 9.59 Å². The average molecular weight is 525 g/mol. The summed E-state index contributed by atoms with van der Waals surface area (Å²) in [5.41, 5.74) is 1.31. The lowest BCUT2D eigenvalue weighted by Gasteiger charge is -2.50. The van der Waals surface area contributed by atoms with E-state index >= 15 is 0 Å². The van der Waals surface area contributed by atoms with Gasteiger partial charge in [0.05, 0.1) is 34.4 Å². The van der Waals surface area contributed by atoms with E-state index in [2.05, 4.69) is 0 Å². The fraction of sp³-hybridized carbons (Fsp3) is 0.533. The van der Waals surface area contributed by atoms with Gasteiger partial charge in [0.15, 0.2) is 28.8 Å². The van der Waals surface area contributed by atoms with E-state index in [4.69, 9.17) is 28.4 Å². The molecule has 3 aliphatic rings. The van der Waals surface area contributed by atoms with Crippen LogP contribution in [0.2, 0.25) is 0 Å².